The van der Waals surface area contributed by atoms with Crippen molar-refractivity contribution in [2.24, 2.45) is 0 Å². The summed E-state index contributed by atoms with van der Waals surface area (Å²) in [5, 5.41) is 10.0. The fourth-order valence-corrected chi connectivity index (χ4v) is 3.07. The number of benzene rings is 1. The van der Waals surface area contributed by atoms with E-state index >= 15 is 0 Å². The molecule has 1 aliphatic rings. The molecule has 1 saturated heterocycles. The number of carbonyl (C=O) groups excluding carboxylic acids is 1. The van der Waals surface area contributed by atoms with Crippen LogP contribution in [0.25, 0.3) is 0 Å². The molecule has 1 aromatic carbocycles. The predicted molar refractivity (Wildman–Crippen MR) is 86.3 cm³/mol. The fraction of sp³-hybridized carbons (Fsp3) is 0.333. The zero-order chi connectivity index (χ0) is 17.3. The summed E-state index contributed by atoms with van der Waals surface area (Å²) in [6.07, 6.45) is -0.174. The van der Waals surface area contributed by atoms with Gasteiger partial charge >= 0.3 is 0 Å². The van der Waals surface area contributed by atoms with Crippen molar-refractivity contribution in [3.05, 3.63) is 59.0 Å². The van der Waals surface area contributed by atoms with E-state index < -0.39 is 6.10 Å². The fourth-order valence-electron chi connectivity index (χ4n) is 3.07. The molecular formula is C18H19FN2O3. The second kappa shape index (κ2) is 6.57. The van der Waals surface area contributed by atoms with Crippen molar-refractivity contribution in [3.8, 4) is 5.88 Å². The van der Waals surface area contributed by atoms with Gasteiger partial charge in [-0.3, -0.25) is 4.79 Å². The van der Waals surface area contributed by atoms with Crippen LogP contribution in [-0.4, -0.2) is 40.7 Å². The standard InChI is InChI=1S/C18H19FN2O3/c1-11-7-13(8-17(20-11)24-2)18(23)21-10-15(22)9-16(21)12-3-5-14(19)6-4-12/h3-8,15-16,22H,9-10H2,1-2H3/t15-,16-/m1/s1. The number of β-amino-alcohol motifs (C(OH)–C–C–N with tert-alkyl or cyclic N) is 1. The summed E-state index contributed by atoms with van der Waals surface area (Å²) in [4.78, 5) is 18.7. The van der Waals surface area contributed by atoms with Gasteiger partial charge in [0.25, 0.3) is 5.91 Å². The lowest BCUT2D eigenvalue weighted by Gasteiger charge is -2.25. The smallest absolute Gasteiger partial charge is 0.254 e. The monoisotopic (exact) mass is 330 g/mol. The molecule has 24 heavy (non-hydrogen) atoms. The molecule has 1 fully saturated rings. The minimum absolute atomic E-state index is 0.204. The first-order valence-electron chi connectivity index (χ1n) is 7.75. The normalized spacial score (nSPS) is 20.2. The zero-order valence-corrected chi connectivity index (χ0v) is 13.6. The number of carbonyl (C=O) groups is 1. The lowest BCUT2D eigenvalue weighted by molar-refractivity contribution is 0.0715. The maximum Gasteiger partial charge on any atom is 0.254 e. The van der Waals surface area contributed by atoms with Crippen LogP contribution in [0.2, 0.25) is 0 Å². The topological polar surface area (TPSA) is 62.7 Å². The summed E-state index contributed by atoms with van der Waals surface area (Å²) >= 11 is 0. The average molecular weight is 330 g/mol. The molecule has 0 saturated carbocycles. The number of aliphatic hydroxyl groups is 1. The lowest BCUT2D eigenvalue weighted by atomic mass is 10.0. The van der Waals surface area contributed by atoms with Gasteiger partial charge in [-0.1, -0.05) is 12.1 Å². The summed E-state index contributed by atoms with van der Waals surface area (Å²) in [5.41, 5.74) is 1.94. The van der Waals surface area contributed by atoms with Crippen molar-refractivity contribution < 1.29 is 19.0 Å². The Morgan fingerprint density at radius 3 is 2.71 bits per heavy atom. The molecule has 2 heterocycles. The van der Waals surface area contributed by atoms with Crippen LogP contribution in [0.3, 0.4) is 0 Å². The van der Waals surface area contributed by atoms with Gasteiger partial charge in [0.15, 0.2) is 0 Å². The molecule has 2 aromatic rings. The van der Waals surface area contributed by atoms with E-state index in [1.54, 1.807) is 36.1 Å². The number of likely N-dealkylation sites (tertiary alicyclic amines) is 1. The van der Waals surface area contributed by atoms with Gasteiger partial charge < -0.3 is 14.7 Å². The number of aryl methyl sites for hydroxylation is 1. The molecule has 1 aromatic heterocycles. The molecule has 6 heteroatoms. The second-order valence-electron chi connectivity index (χ2n) is 5.95. The van der Waals surface area contributed by atoms with E-state index in [1.807, 2.05) is 0 Å². The number of halogens is 1. The molecule has 126 valence electrons. The number of methoxy groups -OCH3 is 1. The van der Waals surface area contributed by atoms with Crippen molar-refractivity contribution in [3.63, 3.8) is 0 Å². The number of hydrogen-bond donors (Lipinski definition) is 1. The molecule has 2 atom stereocenters. The molecule has 0 radical (unpaired) electrons. The highest BCUT2D eigenvalue weighted by Gasteiger charge is 2.36. The van der Waals surface area contributed by atoms with Crippen LogP contribution in [0.1, 0.15) is 34.1 Å². The van der Waals surface area contributed by atoms with E-state index in [0.717, 1.165) is 5.56 Å². The Balaban J connectivity index is 1.92. The van der Waals surface area contributed by atoms with Gasteiger partial charge in [0.1, 0.15) is 5.82 Å². The minimum atomic E-state index is -0.603. The lowest BCUT2D eigenvalue weighted by Crippen LogP contribution is -2.32. The van der Waals surface area contributed by atoms with Crippen LogP contribution < -0.4 is 4.74 Å². The number of nitrogens with zero attached hydrogens (tertiary/aromatic N) is 2. The average Bonchev–Trinajstić information content (AvgIpc) is 2.96. The Morgan fingerprint density at radius 2 is 2.04 bits per heavy atom. The third-order valence-electron chi connectivity index (χ3n) is 4.18. The first-order chi connectivity index (χ1) is 11.5. The van der Waals surface area contributed by atoms with E-state index in [0.29, 0.717) is 23.6 Å². The number of hydrogen-bond acceptors (Lipinski definition) is 4. The number of amides is 1. The summed E-state index contributed by atoms with van der Waals surface area (Å²) in [7, 11) is 1.50. The van der Waals surface area contributed by atoms with Gasteiger partial charge in [0, 0.05) is 23.9 Å². The van der Waals surface area contributed by atoms with Gasteiger partial charge in [-0.25, -0.2) is 9.37 Å². The van der Waals surface area contributed by atoms with Gasteiger partial charge in [-0.15, -0.1) is 0 Å². The third kappa shape index (κ3) is 3.23. The molecule has 0 unspecified atom stereocenters. The van der Waals surface area contributed by atoms with Gasteiger partial charge in [-0.2, -0.15) is 0 Å². The summed E-state index contributed by atoms with van der Waals surface area (Å²) < 4.78 is 18.3. The number of rotatable bonds is 3. The van der Waals surface area contributed by atoms with Crippen LogP contribution in [0.5, 0.6) is 5.88 Å². The molecule has 0 aliphatic carbocycles. The van der Waals surface area contributed by atoms with Crippen LogP contribution in [0, 0.1) is 12.7 Å². The molecule has 5 nitrogen and oxygen atoms in total. The van der Waals surface area contributed by atoms with Crippen LogP contribution >= 0.6 is 0 Å². The summed E-state index contributed by atoms with van der Waals surface area (Å²) in [5.74, 6) is -0.161. The number of aliphatic hydroxyl groups excluding tert-OH is 1. The van der Waals surface area contributed by atoms with Gasteiger partial charge in [0.2, 0.25) is 5.88 Å². The summed E-state index contributed by atoms with van der Waals surface area (Å²) in [6.45, 7) is 2.03. The third-order valence-corrected chi connectivity index (χ3v) is 4.18. The highest BCUT2D eigenvalue weighted by molar-refractivity contribution is 5.95. The van der Waals surface area contributed by atoms with E-state index in [9.17, 15) is 14.3 Å². The van der Waals surface area contributed by atoms with E-state index in [1.165, 1.54) is 19.2 Å². The van der Waals surface area contributed by atoms with Crippen molar-refractivity contribution >= 4 is 5.91 Å². The molecule has 1 amide bonds. The predicted octanol–water partition coefficient (Wildman–Crippen LogP) is 2.49. The largest absolute Gasteiger partial charge is 0.481 e. The summed E-state index contributed by atoms with van der Waals surface area (Å²) in [6, 6.07) is 9.02. The van der Waals surface area contributed by atoms with Crippen molar-refractivity contribution in [2.75, 3.05) is 13.7 Å². The second-order valence-corrected chi connectivity index (χ2v) is 5.95. The Kier molecular flexibility index (Phi) is 4.49. The van der Waals surface area contributed by atoms with Crippen molar-refractivity contribution in [2.45, 2.75) is 25.5 Å². The molecule has 1 N–H and O–H groups in total. The molecule has 0 spiro atoms. The first kappa shape index (κ1) is 16.4. The van der Waals surface area contributed by atoms with Gasteiger partial charge in [0.05, 0.1) is 19.3 Å². The highest BCUT2D eigenvalue weighted by Crippen LogP contribution is 2.33. The SMILES string of the molecule is COc1cc(C(=O)N2C[C@H](O)C[C@@H]2c2ccc(F)cc2)cc(C)n1. The molecule has 0 bridgehead atoms. The minimum Gasteiger partial charge on any atom is -0.481 e. The maximum absolute atomic E-state index is 13.1. The van der Waals surface area contributed by atoms with Crippen LogP contribution in [-0.2, 0) is 0 Å². The Hall–Kier alpha value is -2.47. The quantitative estimate of drug-likeness (QED) is 0.939. The van der Waals surface area contributed by atoms with E-state index in [2.05, 4.69) is 4.98 Å². The maximum atomic E-state index is 13.1. The van der Waals surface area contributed by atoms with Crippen molar-refractivity contribution in [1.82, 2.24) is 9.88 Å². The van der Waals surface area contributed by atoms with E-state index in [-0.39, 0.29) is 24.3 Å². The van der Waals surface area contributed by atoms with Gasteiger partial charge in [-0.05, 0) is 37.1 Å². The highest BCUT2D eigenvalue weighted by atomic mass is 19.1. The Morgan fingerprint density at radius 1 is 1.33 bits per heavy atom. The first-order valence-corrected chi connectivity index (χ1v) is 7.75. The van der Waals surface area contributed by atoms with Crippen LogP contribution in [0.15, 0.2) is 36.4 Å². The number of ether oxygens (including phenoxy) is 1. The molecule has 1 aliphatic heterocycles. The van der Waals surface area contributed by atoms with E-state index in [4.69, 9.17) is 4.74 Å². The Labute approximate surface area is 139 Å². The zero-order valence-electron chi connectivity index (χ0n) is 13.6. The molecular weight excluding hydrogens is 311 g/mol. The van der Waals surface area contributed by atoms with Crippen LogP contribution in [0.4, 0.5) is 4.39 Å². The van der Waals surface area contributed by atoms with Crippen molar-refractivity contribution in [1.29, 1.82) is 0 Å². The molecule has 3 rings (SSSR count). The number of aromatic nitrogens is 1. The number of pyridine rings is 1. The Bertz CT molecular complexity index is 748.